The summed E-state index contributed by atoms with van der Waals surface area (Å²) in [6.07, 6.45) is 6.93. The van der Waals surface area contributed by atoms with E-state index in [1.807, 2.05) is 23.1 Å². The fraction of sp³-hybridized carbons (Fsp3) is 0.556. The molecule has 4 heterocycles. The predicted molar refractivity (Wildman–Crippen MR) is 98.5 cm³/mol. The van der Waals surface area contributed by atoms with Gasteiger partial charge in [-0.25, -0.2) is 0 Å². The molecule has 2 aliphatic heterocycles. The van der Waals surface area contributed by atoms with Gasteiger partial charge in [-0.15, -0.1) is 10.2 Å². The van der Waals surface area contributed by atoms with Crippen molar-refractivity contribution >= 4 is 22.4 Å². The molecule has 4 rings (SSSR count). The van der Waals surface area contributed by atoms with Crippen LogP contribution in [-0.2, 0) is 4.79 Å². The average molecular weight is 357 g/mol. The molecule has 1 amide bonds. The van der Waals surface area contributed by atoms with E-state index in [0.717, 1.165) is 54.9 Å². The number of nitrogens with zero attached hydrogens (tertiary/aromatic N) is 5. The maximum absolute atomic E-state index is 12.3. The zero-order valence-corrected chi connectivity index (χ0v) is 15.1. The third kappa shape index (κ3) is 3.81. The molecule has 0 bridgehead atoms. The number of likely N-dealkylation sites (tertiary alicyclic amines) is 1. The molecular weight excluding hydrogens is 334 g/mol. The van der Waals surface area contributed by atoms with Crippen molar-refractivity contribution in [2.24, 2.45) is 5.92 Å². The van der Waals surface area contributed by atoms with Gasteiger partial charge in [0, 0.05) is 38.8 Å². The molecule has 2 saturated heterocycles. The van der Waals surface area contributed by atoms with Gasteiger partial charge >= 0.3 is 0 Å². The Bertz CT molecular complexity index is 705. The van der Waals surface area contributed by atoms with Crippen molar-refractivity contribution in [3.05, 3.63) is 24.4 Å². The van der Waals surface area contributed by atoms with Crippen molar-refractivity contribution in [2.75, 3.05) is 31.1 Å². The van der Waals surface area contributed by atoms with Crippen LogP contribution in [0.5, 0.6) is 0 Å². The topological polar surface area (TPSA) is 62.2 Å². The summed E-state index contributed by atoms with van der Waals surface area (Å²) in [4.78, 5) is 21.0. The van der Waals surface area contributed by atoms with Crippen LogP contribution in [0.15, 0.2) is 24.4 Å². The smallest absolute Gasteiger partial charge is 0.222 e. The minimum atomic E-state index is 0.351. The van der Waals surface area contributed by atoms with Gasteiger partial charge in [0.2, 0.25) is 11.0 Å². The van der Waals surface area contributed by atoms with Gasteiger partial charge in [0.15, 0.2) is 5.01 Å². The first-order valence-electron chi connectivity index (χ1n) is 9.07. The normalized spacial score (nSPS) is 18.7. The van der Waals surface area contributed by atoms with Gasteiger partial charge in [-0.3, -0.25) is 9.78 Å². The lowest BCUT2D eigenvalue weighted by Crippen LogP contribution is -2.36. The number of pyridine rings is 1. The highest BCUT2D eigenvalue weighted by Crippen LogP contribution is 2.31. The van der Waals surface area contributed by atoms with Crippen LogP contribution in [0.3, 0.4) is 0 Å². The molecule has 0 unspecified atom stereocenters. The van der Waals surface area contributed by atoms with Crippen molar-refractivity contribution in [1.29, 1.82) is 0 Å². The van der Waals surface area contributed by atoms with Crippen molar-refractivity contribution in [2.45, 2.75) is 32.1 Å². The second-order valence-corrected chi connectivity index (χ2v) is 7.78. The Labute approximate surface area is 151 Å². The van der Waals surface area contributed by atoms with Crippen LogP contribution < -0.4 is 4.90 Å². The molecule has 0 aliphatic carbocycles. The highest BCUT2D eigenvalue weighted by Gasteiger charge is 2.26. The largest absolute Gasteiger partial charge is 0.347 e. The van der Waals surface area contributed by atoms with E-state index >= 15 is 0 Å². The van der Waals surface area contributed by atoms with Crippen LogP contribution >= 0.6 is 11.3 Å². The Hall–Kier alpha value is -2.02. The summed E-state index contributed by atoms with van der Waals surface area (Å²) < 4.78 is 0. The number of hydrogen-bond acceptors (Lipinski definition) is 6. The number of carbonyl (C=O) groups is 1. The molecule has 132 valence electrons. The highest BCUT2D eigenvalue weighted by atomic mass is 32.1. The standard InChI is InChI=1S/C18H23N5OS/c24-16(22-9-3-4-10-22)13-14-6-11-23(12-7-14)18-21-20-17(25-18)15-5-1-2-8-19-15/h1-2,5,8,14H,3-4,6-7,9-13H2. The Morgan fingerprint density at radius 3 is 2.64 bits per heavy atom. The van der Waals surface area contributed by atoms with E-state index < -0.39 is 0 Å². The summed E-state index contributed by atoms with van der Waals surface area (Å²) in [7, 11) is 0. The van der Waals surface area contributed by atoms with Gasteiger partial charge < -0.3 is 9.80 Å². The lowest BCUT2D eigenvalue weighted by Gasteiger charge is -2.31. The van der Waals surface area contributed by atoms with Gasteiger partial charge in [-0.2, -0.15) is 0 Å². The third-order valence-corrected chi connectivity index (χ3v) is 6.11. The predicted octanol–water partition coefficient (Wildman–Crippen LogP) is 2.83. The van der Waals surface area contributed by atoms with Crippen molar-refractivity contribution in [3.8, 4) is 10.7 Å². The Balaban J connectivity index is 1.31. The number of hydrogen-bond donors (Lipinski definition) is 0. The minimum absolute atomic E-state index is 0.351. The quantitative estimate of drug-likeness (QED) is 0.842. The molecule has 0 N–H and O–H groups in total. The molecule has 0 saturated carbocycles. The molecule has 7 heteroatoms. The highest BCUT2D eigenvalue weighted by molar-refractivity contribution is 7.18. The van der Waals surface area contributed by atoms with Crippen LogP contribution in [-0.4, -0.2) is 52.2 Å². The first-order valence-corrected chi connectivity index (χ1v) is 9.89. The van der Waals surface area contributed by atoms with Crippen LogP contribution in [0.1, 0.15) is 32.1 Å². The number of anilines is 1. The second kappa shape index (κ2) is 7.47. The van der Waals surface area contributed by atoms with E-state index in [1.165, 1.54) is 12.8 Å². The molecule has 0 aromatic carbocycles. The van der Waals surface area contributed by atoms with Gasteiger partial charge in [0.25, 0.3) is 0 Å². The number of rotatable bonds is 4. The monoisotopic (exact) mass is 357 g/mol. The first-order chi connectivity index (χ1) is 12.3. The maximum atomic E-state index is 12.3. The molecule has 2 fully saturated rings. The summed E-state index contributed by atoms with van der Waals surface area (Å²) >= 11 is 1.59. The molecule has 25 heavy (non-hydrogen) atoms. The number of aromatic nitrogens is 3. The van der Waals surface area contributed by atoms with E-state index in [0.29, 0.717) is 18.2 Å². The Morgan fingerprint density at radius 2 is 1.92 bits per heavy atom. The fourth-order valence-electron chi connectivity index (χ4n) is 3.61. The van der Waals surface area contributed by atoms with Crippen LogP contribution in [0.2, 0.25) is 0 Å². The van der Waals surface area contributed by atoms with Crippen LogP contribution in [0.25, 0.3) is 10.7 Å². The van der Waals surface area contributed by atoms with E-state index in [-0.39, 0.29) is 0 Å². The SMILES string of the molecule is O=C(CC1CCN(c2nnc(-c3ccccn3)s2)CC1)N1CCCC1. The Kier molecular flexibility index (Phi) is 4.92. The molecule has 0 spiro atoms. The van der Waals surface area contributed by atoms with E-state index in [4.69, 9.17) is 0 Å². The first kappa shape index (κ1) is 16.4. The van der Waals surface area contributed by atoms with E-state index in [1.54, 1.807) is 17.5 Å². The van der Waals surface area contributed by atoms with Gasteiger partial charge in [0.05, 0.1) is 0 Å². The molecular formula is C18H23N5OS. The maximum Gasteiger partial charge on any atom is 0.222 e. The summed E-state index contributed by atoms with van der Waals surface area (Å²) in [6.45, 7) is 3.82. The Morgan fingerprint density at radius 1 is 1.12 bits per heavy atom. The summed E-state index contributed by atoms with van der Waals surface area (Å²) in [6, 6.07) is 5.83. The van der Waals surface area contributed by atoms with Crippen molar-refractivity contribution in [3.63, 3.8) is 0 Å². The van der Waals surface area contributed by atoms with Crippen molar-refractivity contribution in [1.82, 2.24) is 20.1 Å². The second-order valence-electron chi connectivity index (χ2n) is 6.83. The van der Waals surface area contributed by atoms with Gasteiger partial charge in [-0.05, 0) is 43.7 Å². The van der Waals surface area contributed by atoms with E-state index in [2.05, 4.69) is 20.1 Å². The van der Waals surface area contributed by atoms with E-state index in [9.17, 15) is 4.79 Å². The fourth-order valence-corrected chi connectivity index (χ4v) is 4.48. The molecule has 0 radical (unpaired) electrons. The van der Waals surface area contributed by atoms with Crippen molar-refractivity contribution < 1.29 is 4.79 Å². The third-order valence-electron chi connectivity index (χ3n) is 5.11. The number of piperidine rings is 1. The van der Waals surface area contributed by atoms with Crippen LogP contribution in [0.4, 0.5) is 5.13 Å². The minimum Gasteiger partial charge on any atom is -0.347 e. The van der Waals surface area contributed by atoms with Crippen LogP contribution in [0, 0.1) is 5.92 Å². The zero-order valence-electron chi connectivity index (χ0n) is 14.3. The summed E-state index contributed by atoms with van der Waals surface area (Å²) in [5.74, 6) is 0.858. The molecule has 2 aliphatic rings. The lowest BCUT2D eigenvalue weighted by molar-refractivity contribution is -0.131. The molecule has 0 atom stereocenters. The van der Waals surface area contributed by atoms with Gasteiger partial charge in [0.1, 0.15) is 5.69 Å². The summed E-state index contributed by atoms with van der Waals surface area (Å²) in [5, 5.41) is 10.5. The summed E-state index contributed by atoms with van der Waals surface area (Å²) in [5.41, 5.74) is 0.873. The number of amides is 1. The molecule has 2 aromatic rings. The zero-order chi connectivity index (χ0) is 17.1. The molecule has 2 aromatic heterocycles. The molecule has 6 nitrogen and oxygen atoms in total. The number of carbonyl (C=O) groups excluding carboxylic acids is 1. The van der Waals surface area contributed by atoms with Gasteiger partial charge in [-0.1, -0.05) is 17.4 Å². The lowest BCUT2D eigenvalue weighted by atomic mass is 9.93. The average Bonchev–Trinajstić information content (AvgIpc) is 3.35.